The number of allylic oxidation sites excluding steroid dienone is 2. The molecule has 56 heavy (non-hydrogen) atoms. The molecule has 12 heteroatoms. The molecule has 0 aliphatic heterocycles. The normalized spacial score (nSPS) is 10.1. The van der Waals surface area contributed by atoms with Crippen molar-refractivity contribution >= 4 is 77.0 Å². The molecule has 0 saturated heterocycles. The van der Waals surface area contributed by atoms with Gasteiger partial charge in [0.05, 0.1) is 0 Å². The van der Waals surface area contributed by atoms with Gasteiger partial charge in [-0.15, -0.1) is 65.2 Å². The fourth-order valence-electron chi connectivity index (χ4n) is 4.71. The number of aliphatic hydroxyl groups is 2. The average Bonchev–Trinajstić information content (AvgIpc) is 3.13. The monoisotopic (exact) mass is 962 g/mol. The maximum Gasteiger partial charge on any atom is 1.00 e. The second kappa shape index (κ2) is 75.3. The third kappa shape index (κ3) is 131. The fraction of sp³-hybridized carbons (Fsp3) is 0.909. The van der Waals surface area contributed by atoms with Gasteiger partial charge < -0.3 is 15.3 Å². The van der Waals surface area contributed by atoms with Gasteiger partial charge in [-0.1, -0.05) is 161 Å². The van der Waals surface area contributed by atoms with Crippen LogP contribution in [0.25, 0.3) is 0 Å². The molecule has 0 aliphatic rings. The van der Waals surface area contributed by atoms with E-state index in [1.807, 2.05) is 12.2 Å². The van der Waals surface area contributed by atoms with Crippen LogP contribution >= 0.6 is 67.8 Å². The quantitative estimate of drug-likeness (QED) is 0.0221. The summed E-state index contributed by atoms with van der Waals surface area (Å²) in [6.45, 7) is 12.9. The van der Waals surface area contributed by atoms with E-state index in [4.69, 9.17) is 60.8 Å². The summed E-state index contributed by atoms with van der Waals surface area (Å²) < 4.78 is 9.09. The molecule has 338 valence electrons. The van der Waals surface area contributed by atoms with E-state index in [0.29, 0.717) is 13.2 Å². The van der Waals surface area contributed by atoms with Crippen LogP contribution < -0.4 is 56.5 Å². The van der Waals surface area contributed by atoms with E-state index < -0.39 is 14.8 Å². The smallest absolute Gasteiger partial charge is 0.850 e. The Morgan fingerprint density at radius 2 is 0.589 bits per heavy atom. The van der Waals surface area contributed by atoms with Crippen LogP contribution in [0.4, 0.5) is 0 Å². The van der Waals surface area contributed by atoms with E-state index in [1.54, 1.807) is 20.8 Å². The van der Waals surface area contributed by atoms with Crippen molar-refractivity contribution in [2.45, 2.75) is 219 Å². The molecule has 0 bridgehead atoms. The molecule has 0 amide bonds. The van der Waals surface area contributed by atoms with Gasteiger partial charge in [0, 0.05) is 58.1 Å². The number of aliphatic hydroxyl groups excluding tert-OH is 2. The zero-order valence-electron chi connectivity index (χ0n) is 36.9. The van der Waals surface area contributed by atoms with E-state index in [0.717, 1.165) is 49.2 Å². The van der Waals surface area contributed by atoms with E-state index in [-0.39, 0.29) is 51.4 Å². The van der Waals surface area contributed by atoms with Crippen molar-refractivity contribution in [3.8, 4) is 0 Å². The molecule has 0 fully saturated rings. The van der Waals surface area contributed by atoms with E-state index in [9.17, 15) is 5.11 Å². The summed E-state index contributed by atoms with van der Waals surface area (Å²) in [5.74, 6) is 3.30. The molecule has 0 aliphatic carbocycles. The zero-order valence-corrected chi connectivity index (χ0v) is 45.4. The molecule has 4 nitrogen and oxygen atoms in total. The summed E-state index contributed by atoms with van der Waals surface area (Å²) in [6.07, 6.45) is 41.8. The van der Waals surface area contributed by atoms with Crippen molar-refractivity contribution in [2.75, 3.05) is 36.7 Å². The molecule has 0 unspecified atom stereocenters. The SMILES string of the molecule is C=CCCCCCCC=C.CC(C)(C)[O-].ClCCCCCCCCCCCl.ClCCCCCCCCCCCl.O=S(Cl)Cl.OCCCCCCCCCCO.[K+]. The Labute approximate surface area is 424 Å². The van der Waals surface area contributed by atoms with Crippen LogP contribution in [-0.4, -0.2) is 56.8 Å². The Hall–Kier alpha value is 2.89. The van der Waals surface area contributed by atoms with Gasteiger partial charge in [-0.2, -0.15) is 0 Å². The minimum absolute atomic E-state index is 0. The van der Waals surface area contributed by atoms with E-state index in [2.05, 4.69) is 34.5 Å². The van der Waals surface area contributed by atoms with Crippen LogP contribution in [-0.2, 0) is 9.23 Å². The molecule has 2 N–H and O–H groups in total. The van der Waals surface area contributed by atoms with Crippen LogP contribution in [0.15, 0.2) is 25.3 Å². The van der Waals surface area contributed by atoms with Crippen LogP contribution in [0, 0.1) is 0 Å². The Balaban J connectivity index is -0.000000106. The third-order valence-electron chi connectivity index (χ3n) is 7.67. The summed E-state index contributed by atoms with van der Waals surface area (Å²) in [7, 11) is 7.36. The van der Waals surface area contributed by atoms with Gasteiger partial charge in [-0.3, -0.25) is 0 Å². The van der Waals surface area contributed by atoms with Crippen LogP contribution in [0.3, 0.4) is 0 Å². The molecule has 0 aromatic carbocycles. The van der Waals surface area contributed by atoms with E-state index >= 15 is 0 Å². The minimum atomic E-state index is -1.67. The fourth-order valence-corrected chi connectivity index (χ4v) is 5.47. The number of hydrogen-bond donors (Lipinski definition) is 2. The third-order valence-corrected chi connectivity index (χ3v) is 8.74. The van der Waals surface area contributed by atoms with Gasteiger partial charge in [-0.25, -0.2) is 4.21 Å². The summed E-state index contributed by atoms with van der Waals surface area (Å²) in [5.41, 5.74) is -0.750. The Kier molecular flexibility index (Phi) is 98.5. The van der Waals surface area contributed by atoms with Gasteiger partial charge in [0.2, 0.25) is 9.23 Å². The number of rotatable bonds is 34. The molecular weight excluding hydrogens is 876 g/mol. The second-order valence-electron chi connectivity index (χ2n) is 14.6. The van der Waals surface area contributed by atoms with Crippen LogP contribution in [0.2, 0.25) is 0 Å². The molecule has 0 heterocycles. The number of hydrogen-bond acceptors (Lipinski definition) is 4. The first-order valence-corrected chi connectivity index (χ1v) is 26.5. The largest absolute Gasteiger partial charge is 1.00 e. The predicted molar refractivity (Wildman–Crippen MR) is 256 cm³/mol. The van der Waals surface area contributed by atoms with Gasteiger partial charge >= 0.3 is 51.4 Å². The molecule has 0 aromatic heterocycles. The second-order valence-corrected chi connectivity index (χ2v) is 18.6. The van der Waals surface area contributed by atoms with Crippen molar-refractivity contribution in [1.29, 1.82) is 0 Å². The molecule has 0 aromatic rings. The van der Waals surface area contributed by atoms with Gasteiger partial charge in [0.25, 0.3) is 0 Å². The first-order chi connectivity index (χ1) is 26.4. The summed E-state index contributed by atoms with van der Waals surface area (Å²) >= 11 is 22.3. The Morgan fingerprint density at radius 1 is 0.446 bits per heavy atom. The van der Waals surface area contributed by atoms with Crippen LogP contribution in [0.1, 0.15) is 213 Å². The summed E-state index contributed by atoms with van der Waals surface area (Å²) in [6, 6.07) is 0. The maximum atomic E-state index is 10.1. The Bertz CT molecular complexity index is 566. The zero-order chi connectivity index (χ0) is 42.9. The number of halogens is 6. The van der Waals surface area contributed by atoms with Crippen molar-refractivity contribution in [2.24, 2.45) is 0 Å². The molecule has 0 saturated carbocycles. The number of unbranched alkanes of at least 4 members (excludes halogenated alkanes) is 26. The van der Waals surface area contributed by atoms with Gasteiger partial charge in [-0.05, 0) is 64.2 Å². The van der Waals surface area contributed by atoms with Crippen molar-refractivity contribution in [3.05, 3.63) is 25.3 Å². The molecular formula is C44H89Cl6KO4S. The van der Waals surface area contributed by atoms with Crippen molar-refractivity contribution in [3.63, 3.8) is 0 Å². The van der Waals surface area contributed by atoms with E-state index in [1.165, 1.54) is 167 Å². The molecule has 0 spiro atoms. The molecule has 0 radical (unpaired) electrons. The topological polar surface area (TPSA) is 80.6 Å². The maximum absolute atomic E-state index is 10.1. The van der Waals surface area contributed by atoms with Gasteiger partial charge in [0.1, 0.15) is 0 Å². The van der Waals surface area contributed by atoms with Crippen LogP contribution in [0.5, 0.6) is 0 Å². The molecule has 0 atom stereocenters. The summed E-state index contributed by atoms with van der Waals surface area (Å²) in [5, 5.41) is 27.1. The van der Waals surface area contributed by atoms with Gasteiger partial charge in [0.15, 0.2) is 0 Å². The standard InChI is InChI=1S/2C10H20Cl2.C10H22O2.C10H18.C4H9O.Cl2OS.K/c3*11-9-7-5-3-1-2-4-6-8-10-12;1-3-5-7-9-10-8-6-4-2;1-4(2,3)5;1-4(2)3;/h2*1-10H2;11-12H,1-10H2;3-4H,1-2,5-10H2;1-3H3;;/q;;;;-1;;+1. The minimum Gasteiger partial charge on any atom is -0.850 e. The Morgan fingerprint density at radius 3 is 0.732 bits per heavy atom. The van der Waals surface area contributed by atoms with Crippen molar-refractivity contribution in [1.82, 2.24) is 0 Å². The summed E-state index contributed by atoms with van der Waals surface area (Å²) in [4.78, 5) is 0. The van der Waals surface area contributed by atoms with Crippen molar-refractivity contribution < 1.29 is 70.9 Å². The number of alkyl halides is 4. The molecule has 0 rings (SSSR count). The average molecular weight is 966 g/mol. The first kappa shape index (κ1) is 73.3. The first-order valence-electron chi connectivity index (χ1n) is 21.5. The predicted octanol–water partition coefficient (Wildman–Crippen LogP) is 13.2.